The first-order chi connectivity index (χ1) is 8.61. The Morgan fingerprint density at radius 2 is 0.944 bits per heavy atom. The van der Waals surface area contributed by atoms with Gasteiger partial charge in [0.05, 0.1) is 19.8 Å². The van der Waals surface area contributed by atoms with E-state index in [1.54, 1.807) is 0 Å². The van der Waals surface area contributed by atoms with Gasteiger partial charge in [-0.2, -0.15) is 0 Å². The van der Waals surface area contributed by atoms with Crippen LogP contribution in [-0.4, -0.2) is 70.3 Å². The Morgan fingerprint density at radius 3 is 1.22 bits per heavy atom. The van der Waals surface area contributed by atoms with E-state index in [4.69, 9.17) is 5.11 Å². The first-order valence-electron chi connectivity index (χ1n) is 6.27. The Labute approximate surface area is 108 Å². The van der Waals surface area contributed by atoms with Crippen molar-refractivity contribution in [2.24, 2.45) is 10.8 Å². The largest absolute Gasteiger partial charge is 0.396 e. The van der Waals surface area contributed by atoms with Gasteiger partial charge >= 0.3 is 0 Å². The third-order valence-corrected chi connectivity index (χ3v) is 4.03. The predicted molar refractivity (Wildman–Crippen MR) is 65.8 cm³/mol. The maximum atomic E-state index is 9.52. The van der Waals surface area contributed by atoms with Gasteiger partial charge in [0, 0.05) is 25.2 Å². The average Bonchev–Trinajstić information content (AvgIpc) is 2.39. The van der Waals surface area contributed by atoms with E-state index < -0.39 is 30.7 Å². The van der Waals surface area contributed by atoms with E-state index >= 15 is 0 Å². The van der Waals surface area contributed by atoms with Crippen LogP contribution in [0.5, 0.6) is 0 Å². The molecule has 0 aliphatic heterocycles. The van der Waals surface area contributed by atoms with Crippen molar-refractivity contribution >= 4 is 0 Å². The van der Waals surface area contributed by atoms with Gasteiger partial charge in [0.15, 0.2) is 0 Å². The Balaban J connectivity index is 5.31. The normalized spacial score (nSPS) is 13.0. The van der Waals surface area contributed by atoms with Gasteiger partial charge in [0.1, 0.15) is 0 Å². The van der Waals surface area contributed by atoms with Crippen molar-refractivity contribution < 1.29 is 30.6 Å². The molecule has 0 aromatic heterocycles. The molecule has 0 aliphatic rings. The molecule has 6 N–H and O–H groups in total. The van der Waals surface area contributed by atoms with Crippen molar-refractivity contribution in [3.63, 3.8) is 0 Å². The van der Waals surface area contributed by atoms with Crippen LogP contribution in [0, 0.1) is 10.8 Å². The highest BCUT2D eigenvalue weighted by atomic mass is 16.3. The molecule has 0 radical (unpaired) electrons. The SMILES string of the molecule is OCCCC(CCO)(CCO)C(CO)(CO)CO. The second-order valence-electron chi connectivity index (χ2n) is 4.81. The lowest BCUT2D eigenvalue weighted by Gasteiger charge is -2.48. The summed E-state index contributed by atoms with van der Waals surface area (Å²) >= 11 is 0. The zero-order valence-electron chi connectivity index (χ0n) is 10.8. The first kappa shape index (κ1) is 17.8. The molecule has 0 aliphatic carbocycles. The number of aliphatic hydroxyl groups excluding tert-OH is 6. The summed E-state index contributed by atoms with van der Waals surface area (Å²) < 4.78 is 0. The molecule has 110 valence electrons. The van der Waals surface area contributed by atoms with E-state index in [1.807, 2.05) is 0 Å². The van der Waals surface area contributed by atoms with Crippen molar-refractivity contribution in [1.29, 1.82) is 0 Å². The van der Waals surface area contributed by atoms with Crippen LogP contribution >= 0.6 is 0 Å². The zero-order chi connectivity index (χ0) is 14.1. The smallest absolute Gasteiger partial charge is 0.0536 e. The van der Waals surface area contributed by atoms with Crippen molar-refractivity contribution in [2.45, 2.75) is 25.7 Å². The van der Waals surface area contributed by atoms with Crippen LogP contribution in [0.1, 0.15) is 25.7 Å². The summed E-state index contributed by atoms with van der Waals surface area (Å²) in [4.78, 5) is 0. The predicted octanol–water partition coefficient (Wildman–Crippen LogP) is -1.53. The average molecular weight is 266 g/mol. The van der Waals surface area contributed by atoms with Crippen molar-refractivity contribution in [2.75, 3.05) is 39.6 Å². The molecule has 0 saturated carbocycles. The minimum atomic E-state index is -1.17. The van der Waals surface area contributed by atoms with Crippen molar-refractivity contribution in [3.8, 4) is 0 Å². The fourth-order valence-corrected chi connectivity index (χ4v) is 2.67. The number of rotatable bonds is 11. The molecular weight excluding hydrogens is 240 g/mol. The van der Waals surface area contributed by atoms with Crippen LogP contribution in [0.2, 0.25) is 0 Å². The van der Waals surface area contributed by atoms with E-state index in [1.165, 1.54) is 0 Å². The van der Waals surface area contributed by atoms with Crippen LogP contribution in [0.3, 0.4) is 0 Å². The monoisotopic (exact) mass is 266 g/mol. The molecule has 0 aromatic rings. The van der Waals surface area contributed by atoms with Gasteiger partial charge in [-0.3, -0.25) is 0 Å². The van der Waals surface area contributed by atoms with Gasteiger partial charge in [-0.15, -0.1) is 0 Å². The van der Waals surface area contributed by atoms with E-state index in [2.05, 4.69) is 0 Å². The highest BCUT2D eigenvalue weighted by molar-refractivity contribution is 4.97. The van der Waals surface area contributed by atoms with Crippen LogP contribution in [0.25, 0.3) is 0 Å². The Hall–Kier alpha value is -0.240. The van der Waals surface area contributed by atoms with Crippen molar-refractivity contribution in [1.82, 2.24) is 0 Å². The maximum Gasteiger partial charge on any atom is 0.0536 e. The van der Waals surface area contributed by atoms with Crippen LogP contribution in [-0.2, 0) is 0 Å². The van der Waals surface area contributed by atoms with Crippen LogP contribution in [0.15, 0.2) is 0 Å². The molecule has 18 heavy (non-hydrogen) atoms. The second-order valence-corrected chi connectivity index (χ2v) is 4.81. The molecule has 0 spiro atoms. The van der Waals surface area contributed by atoms with E-state index in [9.17, 15) is 25.5 Å². The van der Waals surface area contributed by atoms with Gasteiger partial charge in [-0.1, -0.05) is 0 Å². The fraction of sp³-hybridized carbons (Fsp3) is 1.00. The summed E-state index contributed by atoms with van der Waals surface area (Å²) in [5.74, 6) is 0. The lowest BCUT2D eigenvalue weighted by atomic mass is 9.58. The maximum absolute atomic E-state index is 9.52. The molecule has 0 amide bonds. The summed E-state index contributed by atoms with van der Waals surface area (Å²) in [6, 6.07) is 0. The molecule has 0 aromatic carbocycles. The Kier molecular flexibility index (Phi) is 8.67. The molecular formula is C12H26O6. The van der Waals surface area contributed by atoms with E-state index in [0.29, 0.717) is 12.8 Å². The minimum Gasteiger partial charge on any atom is -0.396 e. The standard InChI is InChI=1S/C12H26O6/c13-5-1-2-11(3-6-14,4-7-15)12(8-16,9-17)10-18/h13-18H,1-10H2. The molecule has 0 fully saturated rings. The molecule has 0 unspecified atom stereocenters. The molecule has 6 heteroatoms. The summed E-state index contributed by atoms with van der Waals surface area (Å²) in [7, 11) is 0. The van der Waals surface area contributed by atoms with Gasteiger partial charge in [-0.25, -0.2) is 0 Å². The van der Waals surface area contributed by atoms with Crippen molar-refractivity contribution in [3.05, 3.63) is 0 Å². The quantitative estimate of drug-likeness (QED) is 0.270. The fourth-order valence-electron chi connectivity index (χ4n) is 2.67. The highest BCUT2D eigenvalue weighted by Crippen LogP contribution is 2.48. The lowest BCUT2D eigenvalue weighted by Crippen LogP contribution is -2.51. The lowest BCUT2D eigenvalue weighted by molar-refractivity contribution is -0.117. The topological polar surface area (TPSA) is 121 Å². The van der Waals surface area contributed by atoms with Crippen LogP contribution < -0.4 is 0 Å². The third kappa shape index (κ3) is 3.63. The van der Waals surface area contributed by atoms with Gasteiger partial charge in [-0.05, 0) is 31.1 Å². The first-order valence-corrected chi connectivity index (χ1v) is 6.27. The summed E-state index contributed by atoms with van der Waals surface area (Å²) in [5, 5.41) is 55.9. The van der Waals surface area contributed by atoms with Gasteiger partial charge in [0.2, 0.25) is 0 Å². The Bertz CT molecular complexity index is 190. The summed E-state index contributed by atoms with van der Waals surface area (Å²) in [6.07, 6.45) is 1.32. The second kappa shape index (κ2) is 8.79. The summed E-state index contributed by atoms with van der Waals surface area (Å²) in [6.45, 7) is -1.72. The molecule has 0 heterocycles. The molecule has 0 rings (SSSR count). The van der Waals surface area contributed by atoms with Gasteiger partial charge < -0.3 is 30.6 Å². The minimum absolute atomic E-state index is 0.0586. The Morgan fingerprint density at radius 1 is 0.500 bits per heavy atom. The number of aliphatic hydroxyl groups is 6. The number of hydrogen-bond acceptors (Lipinski definition) is 6. The van der Waals surface area contributed by atoms with E-state index in [0.717, 1.165) is 0 Å². The molecule has 0 saturated heterocycles. The van der Waals surface area contributed by atoms with Gasteiger partial charge in [0.25, 0.3) is 0 Å². The van der Waals surface area contributed by atoms with E-state index in [-0.39, 0.29) is 32.7 Å². The molecule has 6 nitrogen and oxygen atoms in total. The number of hydrogen-bond donors (Lipinski definition) is 6. The third-order valence-electron chi connectivity index (χ3n) is 4.03. The van der Waals surface area contributed by atoms with Crippen LogP contribution in [0.4, 0.5) is 0 Å². The summed E-state index contributed by atoms with van der Waals surface area (Å²) in [5.41, 5.74) is -1.97. The molecule has 0 atom stereocenters. The molecule has 0 bridgehead atoms. The highest BCUT2D eigenvalue weighted by Gasteiger charge is 2.49. The zero-order valence-corrected chi connectivity index (χ0v) is 10.8.